The van der Waals surface area contributed by atoms with Gasteiger partial charge in [-0.25, -0.2) is 4.79 Å². The molecular weight excluding hydrogens is 360 g/mol. The van der Waals surface area contributed by atoms with Crippen molar-refractivity contribution in [3.63, 3.8) is 0 Å². The molecule has 0 bridgehead atoms. The van der Waals surface area contributed by atoms with Crippen molar-refractivity contribution in [3.8, 4) is 0 Å². The predicted molar refractivity (Wildman–Crippen MR) is 111 cm³/mol. The van der Waals surface area contributed by atoms with Gasteiger partial charge in [0.1, 0.15) is 10.6 Å². The van der Waals surface area contributed by atoms with Gasteiger partial charge in [0.25, 0.3) is 0 Å². The lowest BCUT2D eigenvalue weighted by atomic mass is 10.1. The van der Waals surface area contributed by atoms with Gasteiger partial charge in [-0.15, -0.1) is 11.3 Å². The molecule has 1 aromatic heterocycles. The van der Waals surface area contributed by atoms with Crippen molar-refractivity contribution >= 4 is 34.3 Å². The van der Waals surface area contributed by atoms with E-state index >= 15 is 0 Å². The number of hydrogen-bond acceptors (Lipinski definition) is 5. The Morgan fingerprint density at radius 1 is 1.30 bits per heavy atom. The molecule has 1 aliphatic carbocycles. The van der Waals surface area contributed by atoms with Crippen LogP contribution in [0.1, 0.15) is 41.2 Å². The Hall–Kier alpha value is -2.73. The van der Waals surface area contributed by atoms with Crippen LogP contribution in [0.3, 0.4) is 0 Å². The Labute approximate surface area is 163 Å². The number of nitrogens with two attached hydrogens (primary N) is 1. The third-order valence-electron chi connectivity index (χ3n) is 4.40. The van der Waals surface area contributed by atoms with Crippen LogP contribution in [-0.2, 0) is 4.74 Å². The van der Waals surface area contributed by atoms with E-state index in [1.165, 1.54) is 11.3 Å². The van der Waals surface area contributed by atoms with E-state index in [0.29, 0.717) is 18.7 Å². The lowest BCUT2D eigenvalue weighted by Gasteiger charge is -2.24. The van der Waals surface area contributed by atoms with Crippen molar-refractivity contribution in [1.29, 1.82) is 0 Å². The molecule has 3 N–H and O–H groups in total. The zero-order valence-corrected chi connectivity index (χ0v) is 16.4. The standard InChI is InChI=1S/C21H24N2O3S/c1-3-10-26-18-12-15(23(4-2)14-8-6-5-7-9-14)11-16(18)19-13-17(22)20(27-19)21(24)25/h5-9,12-13H,3-4,10-11,22H2,1-2H3,(H,24,25). The molecule has 2 aromatic rings. The first-order valence-corrected chi connectivity index (χ1v) is 9.88. The summed E-state index contributed by atoms with van der Waals surface area (Å²) in [4.78, 5) is 14.6. The van der Waals surface area contributed by atoms with Gasteiger partial charge in [-0.05, 0) is 31.5 Å². The number of nitrogens with zero attached hydrogens (tertiary/aromatic N) is 1. The van der Waals surface area contributed by atoms with Crippen LogP contribution in [0.25, 0.3) is 5.57 Å². The maximum Gasteiger partial charge on any atom is 0.348 e. The SMILES string of the molecule is CCCOC1=C(c2cc(N)c(C(=O)O)s2)CC(N(CC)c2ccccc2)=C1. The van der Waals surface area contributed by atoms with Crippen LogP contribution in [0.2, 0.25) is 0 Å². The van der Waals surface area contributed by atoms with E-state index in [0.717, 1.165) is 40.6 Å². The Kier molecular flexibility index (Phi) is 5.86. The first kappa shape index (κ1) is 19.0. The summed E-state index contributed by atoms with van der Waals surface area (Å²) in [5.41, 5.74) is 9.46. The number of carbonyl (C=O) groups is 1. The summed E-state index contributed by atoms with van der Waals surface area (Å²) in [6.45, 7) is 5.63. The number of para-hydroxylation sites is 1. The molecule has 1 heterocycles. The highest BCUT2D eigenvalue weighted by Crippen LogP contribution is 2.41. The molecule has 0 unspecified atom stereocenters. The summed E-state index contributed by atoms with van der Waals surface area (Å²) < 4.78 is 5.98. The molecule has 0 amide bonds. The second-order valence-corrected chi connectivity index (χ2v) is 7.34. The van der Waals surface area contributed by atoms with E-state index in [2.05, 4.69) is 37.0 Å². The first-order valence-electron chi connectivity index (χ1n) is 9.07. The molecule has 0 saturated heterocycles. The minimum absolute atomic E-state index is 0.177. The van der Waals surface area contributed by atoms with Crippen LogP contribution >= 0.6 is 11.3 Å². The number of aromatic carboxylic acids is 1. The van der Waals surface area contributed by atoms with Crippen LogP contribution in [0.15, 0.2) is 53.9 Å². The number of carboxylic acid groups (broad SMARTS) is 1. The number of anilines is 2. The number of rotatable bonds is 8. The number of thiophene rings is 1. The van der Waals surface area contributed by atoms with Crippen molar-refractivity contribution in [2.75, 3.05) is 23.8 Å². The summed E-state index contributed by atoms with van der Waals surface area (Å²) in [5, 5.41) is 9.32. The highest BCUT2D eigenvalue weighted by atomic mass is 32.1. The largest absolute Gasteiger partial charge is 0.493 e. The van der Waals surface area contributed by atoms with E-state index in [1.807, 2.05) is 18.2 Å². The van der Waals surface area contributed by atoms with Gasteiger partial charge in [0.05, 0.1) is 12.3 Å². The molecule has 1 aliphatic rings. The lowest BCUT2D eigenvalue weighted by Crippen LogP contribution is -2.21. The van der Waals surface area contributed by atoms with Gasteiger partial charge in [0.2, 0.25) is 0 Å². The fraction of sp³-hybridized carbons (Fsp3) is 0.286. The average Bonchev–Trinajstić information content (AvgIpc) is 3.25. The van der Waals surface area contributed by atoms with Crippen molar-refractivity contribution in [2.45, 2.75) is 26.7 Å². The quantitative estimate of drug-likeness (QED) is 0.671. The van der Waals surface area contributed by atoms with Gasteiger partial charge in [-0.2, -0.15) is 0 Å². The zero-order valence-electron chi connectivity index (χ0n) is 15.6. The molecule has 142 valence electrons. The third-order valence-corrected chi connectivity index (χ3v) is 5.60. The Bertz CT molecular complexity index is 884. The highest BCUT2D eigenvalue weighted by molar-refractivity contribution is 7.15. The Balaban J connectivity index is 1.94. The number of ether oxygens (including phenoxy) is 1. The Morgan fingerprint density at radius 2 is 2.04 bits per heavy atom. The molecular formula is C21H24N2O3S. The monoisotopic (exact) mass is 384 g/mol. The molecule has 1 aromatic carbocycles. The number of carboxylic acids is 1. The van der Waals surface area contributed by atoms with Gasteiger partial charge in [-0.1, -0.05) is 25.1 Å². The fourth-order valence-corrected chi connectivity index (χ4v) is 4.13. The van der Waals surface area contributed by atoms with Crippen LogP contribution in [-0.4, -0.2) is 24.2 Å². The maximum atomic E-state index is 11.4. The zero-order chi connectivity index (χ0) is 19.4. The summed E-state index contributed by atoms with van der Waals surface area (Å²) in [5.74, 6) is -0.189. The minimum atomic E-state index is -0.994. The summed E-state index contributed by atoms with van der Waals surface area (Å²) >= 11 is 1.20. The predicted octanol–water partition coefficient (Wildman–Crippen LogP) is 4.98. The second-order valence-electron chi connectivity index (χ2n) is 6.28. The van der Waals surface area contributed by atoms with Crippen LogP contribution in [0.4, 0.5) is 11.4 Å². The molecule has 6 heteroatoms. The van der Waals surface area contributed by atoms with Crippen LogP contribution < -0.4 is 10.6 Å². The lowest BCUT2D eigenvalue weighted by molar-refractivity contribution is 0.0703. The van der Waals surface area contributed by atoms with E-state index < -0.39 is 5.97 Å². The van der Waals surface area contributed by atoms with Crippen molar-refractivity contribution in [2.24, 2.45) is 0 Å². The van der Waals surface area contributed by atoms with Gasteiger partial charge in [-0.3, -0.25) is 0 Å². The average molecular weight is 385 g/mol. The topological polar surface area (TPSA) is 75.8 Å². The van der Waals surface area contributed by atoms with Crippen molar-refractivity contribution in [3.05, 3.63) is 63.7 Å². The first-order chi connectivity index (χ1) is 13.0. The van der Waals surface area contributed by atoms with Crippen molar-refractivity contribution in [1.82, 2.24) is 0 Å². The number of nitrogen functional groups attached to an aromatic ring is 1. The molecule has 0 radical (unpaired) electrons. The second kappa shape index (κ2) is 8.31. The van der Waals surface area contributed by atoms with Gasteiger partial charge in [0, 0.05) is 40.9 Å². The van der Waals surface area contributed by atoms with E-state index in [4.69, 9.17) is 10.5 Å². The molecule has 0 aliphatic heterocycles. The Morgan fingerprint density at radius 3 is 2.63 bits per heavy atom. The van der Waals surface area contributed by atoms with Crippen LogP contribution in [0.5, 0.6) is 0 Å². The normalized spacial score (nSPS) is 13.6. The number of benzene rings is 1. The van der Waals surface area contributed by atoms with E-state index in [1.54, 1.807) is 6.07 Å². The smallest absolute Gasteiger partial charge is 0.348 e. The van der Waals surface area contributed by atoms with Gasteiger partial charge >= 0.3 is 5.97 Å². The number of hydrogen-bond donors (Lipinski definition) is 2. The van der Waals surface area contributed by atoms with E-state index in [-0.39, 0.29) is 4.88 Å². The summed E-state index contributed by atoms with van der Waals surface area (Å²) in [6.07, 6.45) is 3.65. The molecule has 0 spiro atoms. The maximum absolute atomic E-state index is 11.4. The molecule has 0 saturated carbocycles. The fourth-order valence-electron chi connectivity index (χ4n) is 3.16. The highest BCUT2D eigenvalue weighted by Gasteiger charge is 2.26. The molecule has 5 nitrogen and oxygen atoms in total. The summed E-state index contributed by atoms with van der Waals surface area (Å²) in [6, 6.07) is 12.0. The molecule has 0 fully saturated rings. The summed E-state index contributed by atoms with van der Waals surface area (Å²) in [7, 11) is 0. The van der Waals surface area contributed by atoms with Gasteiger partial charge in [0.15, 0.2) is 0 Å². The number of allylic oxidation sites excluding steroid dienone is 2. The van der Waals surface area contributed by atoms with Gasteiger partial charge < -0.3 is 20.5 Å². The van der Waals surface area contributed by atoms with Crippen molar-refractivity contribution < 1.29 is 14.6 Å². The third kappa shape index (κ3) is 4.01. The van der Waals surface area contributed by atoms with E-state index in [9.17, 15) is 9.90 Å². The molecule has 3 rings (SSSR count). The molecule has 27 heavy (non-hydrogen) atoms. The minimum Gasteiger partial charge on any atom is -0.493 e. The molecule has 0 atom stereocenters. The van der Waals surface area contributed by atoms with Crippen LogP contribution in [0, 0.1) is 0 Å².